The highest BCUT2D eigenvalue weighted by Gasteiger charge is 2.28. The molecule has 0 bridgehead atoms. The lowest BCUT2D eigenvalue weighted by Gasteiger charge is -2.10. The predicted octanol–water partition coefficient (Wildman–Crippen LogP) is 3.57. The van der Waals surface area contributed by atoms with Crippen LogP contribution in [0.25, 0.3) is 0 Å². The van der Waals surface area contributed by atoms with Gasteiger partial charge in [-0.15, -0.1) is 0 Å². The Labute approximate surface area is 108 Å². The van der Waals surface area contributed by atoms with Gasteiger partial charge in [0, 0.05) is 24.6 Å². The van der Waals surface area contributed by atoms with E-state index >= 15 is 0 Å². The SMILES string of the molecule is FC(F)(F)COc1ccc(NCc2cc[nH]c2)cc1. The first kappa shape index (κ1) is 13.3. The normalized spacial score (nSPS) is 11.3. The highest BCUT2D eigenvalue weighted by atomic mass is 19.4. The maximum absolute atomic E-state index is 12.0. The number of aromatic nitrogens is 1. The van der Waals surface area contributed by atoms with Gasteiger partial charge in [-0.2, -0.15) is 13.2 Å². The summed E-state index contributed by atoms with van der Waals surface area (Å²) < 4.78 is 40.5. The molecule has 0 amide bonds. The number of H-pyrrole nitrogens is 1. The van der Waals surface area contributed by atoms with Crippen LogP contribution in [0.5, 0.6) is 5.75 Å². The molecular formula is C13H13F3N2O. The van der Waals surface area contributed by atoms with Crippen molar-refractivity contribution in [3.8, 4) is 5.75 Å². The number of aromatic amines is 1. The number of nitrogens with one attached hydrogen (secondary N) is 2. The Bertz CT molecular complexity index is 492. The molecule has 2 aromatic rings. The number of benzene rings is 1. The molecule has 0 unspecified atom stereocenters. The fourth-order valence-corrected chi connectivity index (χ4v) is 1.51. The van der Waals surface area contributed by atoms with Gasteiger partial charge in [0.25, 0.3) is 0 Å². The molecule has 0 fully saturated rings. The minimum absolute atomic E-state index is 0.199. The molecule has 0 spiro atoms. The third-order valence-corrected chi connectivity index (χ3v) is 2.42. The number of hydrogen-bond donors (Lipinski definition) is 2. The Morgan fingerprint density at radius 2 is 1.84 bits per heavy atom. The number of halogens is 3. The van der Waals surface area contributed by atoms with Gasteiger partial charge in [-0.1, -0.05) is 0 Å². The maximum Gasteiger partial charge on any atom is 0.422 e. The van der Waals surface area contributed by atoms with Crippen molar-refractivity contribution in [2.24, 2.45) is 0 Å². The van der Waals surface area contributed by atoms with Gasteiger partial charge in [0.1, 0.15) is 5.75 Å². The van der Waals surface area contributed by atoms with Crippen LogP contribution in [-0.4, -0.2) is 17.8 Å². The zero-order valence-corrected chi connectivity index (χ0v) is 10.00. The van der Waals surface area contributed by atoms with Crippen LogP contribution in [-0.2, 0) is 6.54 Å². The fraction of sp³-hybridized carbons (Fsp3) is 0.231. The zero-order valence-electron chi connectivity index (χ0n) is 10.00. The number of alkyl halides is 3. The highest BCUT2D eigenvalue weighted by molar-refractivity contribution is 5.46. The average Bonchev–Trinajstić information content (AvgIpc) is 2.87. The molecule has 6 heteroatoms. The Hall–Kier alpha value is -2.11. The van der Waals surface area contributed by atoms with Crippen molar-refractivity contribution in [2.45, 2.75) is 12.7 Å². The average molecular weight is 270 g/mol. The van der Waals surface area contributed by atoms with E-state index in [4.69, 9.17) is 0 Å². The van der Waals surface area contributed by atoms with Gasteiger partial charge in [-0.05, 0) is 35.9 Å². The van der Waals surface area contributed by atoms with Crippen molar-refractivity contribution in [3.63, 3.8) is 0 Å². The summed E-state index contributed by atoms with van der Waals surface area (Å²) >= 11 is 0. The topological polar surface area (TPSA) is 37.0 Å². The van der Waals surface area contributed by atoms with Gasteiger partial charge in [-0.25, -0.2) is 0 Å². The summed E-state index contributed by atoms with van der Waals surface area (Å²) in [7, 11) is 0. The second-order valence-corrected chi connectivity index (χ2v) is 4.00. The van der Waals surface area contributed by atoms with Crippen LogP contribution in [0.2, 0.25) is 0 Å². The van der Waals surface area contributed by atoms with Crippen LogP contribution >= 0.6 is 0 Å². The van der Waals surface area contributed by atoms with Crippen LogP contribution < -0.4 is 10.1 Å². The summed E-state index contributed by atoms with van der Waals surface area (Å²) in [4.78, 5) is 2.94. The van der Waals surface area contributed by atoms with Crippen molar-refractivity contribution in [1.29, 1.82) is 0 Å². The predicted molar refractivity (Wildman–Crippen MR) is 66.1 cm³/mol. The monoisotopic (exact) mass is 270 g/mol. The van der Waals surface area contributed by atoms with E-state index in [0.717, 1.165) is 11.3 Å². The quantitative estimate of drug-likeness (QED) is 0.871. The highest BCUT2D eigenvalue weighted by Crippen LogP contribution is 2.20. The largest absolute Gasteiger partial charge is 0.484 e. The summed E-state index contributed by atoms with van der Waals surface area (Å²) in [5.41, 5.74) is 1.91. The summed E-state index contributed by atoms with van der Waals surface area (Å²) in [6, 6.07) is 8.31. The van der Waals surface area contributed by atoms with E-state index in [-0.39, 0.29) is 5.75 Å². The molecule has 2 N–H and O–H groups in total. The van der Waals surface area contributed by atoms with Crippen molar-refractivity contribution in [3.05, 3.63) is 48.3 Å². The molecule has 0 aliphatic heterocycles. The zero-order chi connectivity index (χ0) is 13.7. The molecule has 3 nitrogen and oxygen atoms in total. The van der Waals surface area contributed by atoms with E-state index < -0.39 is 12.8 Å². The van der Waals surface area contributed by atoms with Crippen molar-refractivity contribution in [1.82, 2.24) is 4.98 Å². The lowest BCUT2D eigenvalue weighted by Crippen LogP contribution is -2.19. The van der Waals surface area contributed by atoms with Gasteiger partial charge >= 0.3 is 6.18 Å². The van der Waals surface area contributed by atoms with Gasteiger partial charge < -0.3 is 15.0 Å². The van der Waals surface area contributed by atoms with Gasteiger partial charge in [0.15, 0.2) is 6.61 Å². The summed E-state index contributed by atoms with van der Waals surface area (Å²) in [5, 5.41) is 3.15. The van der Waals surface area contributed by atoms with E-state index in [1.807, 2.05) is 18.5 Å². The van der Waals surface area contributed by atoms with Crippen LogP contribution in [0.4, 0.5) is 18.9 Å². The van der Waals surface area contributed by atoms with E-state index in [2.05, 4.69) is 15.0 Å². The van der Waals surface area contributed by atoms with Gasteiger partial charge in [-0.3, -0.25) is 0 Å². The molecule has 0 radical (unpaired) electrons. The molecule has 0 aliphatic carbocycles. The minimum Gasteiger partial charge on any atom is -0.484 e. The smallest absolute Gasteiger partial charge is 0.422 e. The first-order valence-electron chi connectivity index (χ1n) is 5.68. The van der Waals surface area contributed by atoms with Gasteiger partial charge in [0.2, 0.25) is 0 Å². The van der Waals surface area contributed by atoms with Crippen molar-refractivity contribution < 1.29 is 17.9 Å². The Morgan fingerprint density at radius 3 is 2.42 bits per heavy atom. The van der Waals surface area contributed by atoms with Crippen LogP contribution in [0.15, 0.2) is 42.7 Å². The first-order valence-corrected chi connectivity index (χ1v) is 5.68. The Kier molecular flexibility index (Phi) is 3.99. The molecule has 102 valence electrons. The minimum atomic E-state index is -4.31. The standard InChI is InChI=1S/C13H13F3N2O/c14-13(15,16)9-19-12-3-1-11(2-4-12)18-8-10-5-6-17-7-10/h1-7,17-18H,8-9H2. The molecule has 1 aromatic heterocycles. The third-order valence-electron chi connectivity index (χ3n) is 2.42. The molecule has 0 aliphatic rings. The van der Waals surface area contributed by atoms with Gasteiger partial charge in [0.05, 0.1) is 0 Å². The maximum atomic E-state index is 12.0. The molecule has 2 rings (SSSR count). The molecular weight excluding hydrogens is 257 g/mol. The second-order valence-electron chi connectivity index (χ2n) is 4.00. The number of anilines is 1. The number of hydrogen-bond acceptors (Lipinski definition) is 2. The number of rotatable bonds is 5. The Morgan fingerprint density at radius 1 is 1.11 bits per heavy atom. The third kappa shape index (κ3) is 4.57. The van der Waals surface area contributed by atoms with Crippen LogP contribution in [0.3, 0.4) is 0 Å². The van der Waals surface area contributed by atoms with Crippen LogP contribution in [0, 0.1) is 0 Å². The lowest BCUT2D eigenvalue weighted by molar-refractivity contribution is -0.153. The van der Waals surface area contributed by atoms with E-state index in [9.17, 15) is 13.2 Å². The fourth-order valence-electron chi connectivity index (χ4n) is 1.51. The molecule has 1 aromatic carbocycles. The summed E-state index contributed by atoms with van der Waals surface area (Å²) in [5.74, 6) is 0.199. The van der Waals surface area contributed by atoms with E-state index in [0.29, 0.717) is 6.54 Å². The summed E-state index contributed by atoms with van der Waals surface area (Å²) in [6.07, 6.45) is -0.621. The van der Waals surface area contributed by atoms with E-state index in [1.54, 1.807) is 12.1 Å². The van der Waals surface area contributed by atoms with E-state index in [1.165, 1.54) is 12.1 Å². The molecule has 0 atom stereocenters. The van der Waals surface area contributed by atoms with Crippen molar-refractivity contribution in [2.75, 3.05) is 11.9 Å². The molecule has 19 heavy (non-hydrogen) atoms. The lowest BCUT2D eigenvalue weighted by atomic mass is 10.3. The van der Waals surface area contributed by atoms with Crippen molar-refractivity contribution >= 4 is 5.69 Å². The number of ether oxygens (including phenoxy) is 1. The first-order chi connectivity index (χ1) is 9.03. The Balaban J connectivity index is 1.84. The molecule has 1 heterocycles. The summed E-state index contributed by atoms with van der Waals surface area (Å²) in [6.45, 7) is -0.630. The molecule has 0 saturated heterocycles. The van der Waals surface area contributed by atoms with Crippen LogP contribution in [0.1, 0.15) is 5.56 Å². The second kappa shape index (κ2) is 5.69. The molecule has 0 saturated carbocycles.